The van der Waals surface area contributed by atoms with Gasteiger partial charge in [0.05, 0.1) is 0 Å². The summed E-state index contributed by atoms with van der Waals surface area (Å²) in [5.74, 6) is 2.86. The molecule has 1 fully saturated rings. The fourth-order valence-corrected chi connectivity index (χ4v) is 32.0. The van der Waals surface area contributed by atoms with Crippen molar-refractivity contribution < 1.29 is 25.7 Å². The molecule has 4 atom stereocenters. The largest absolute Gasteiger partial charge is 0.199 e. The minimum atomic E-state index is -0.536. The normalized spacial score (nSPS) is 17.6. The SMILES string of the molecule is CC(C)(C)c1cc(C[S]2=[Ti]=[S@@](Cc3cc(C(C)(C)C)cc(C(C)(c4ccccc4)c4ccccc4)c3O)C3CCCCCC[C@@H]32)c(O)c(C(C)(c2ccccc2)c2ccccc2)c1.[CH2-]c1ccccc1.[CH2-]c1ccccc1. The Labute approximate surface area is 474 Å². The van der Waals surface area contributed by atoms with Gasteiger partial charge in [-0.15, -0.1) is 24.3 Å². The van der Waals surface area contributed by atoms with Crippen LogP contribution < -0.4 is 0 Å². The molecule has 77 heavy (non-hydrogen) atoms. The second-order valence-electron chi connectivity index (χ2n) is 23.5. The molecular weight excluding hydrogens is 1010 g/mol. The van der Waals surface area contributed by atoms with Gasteiger partial charge in [0, 0.05) is 0 Å². The third kappa shape index (κ3) is 13.7. The van der Waals surface area contributed by atoms with Gasteiger partial charge in [-0.1, -0.05) is 12.1 Å². The van der Waals surface area contributed by atoms with Gasteiger partial charge < -0.3 is 0 Å². The van der Waals surface area contributed by atoms with Gasteiger partial charge in [-0.25, -0.2) is 0 Å². The van der Waals surface area contributed by atoms with Crippen molar-refractivity contribution in [3.8, 4) is 11.5 Å². The molecule has 5 heteroatoms. The summed E-state index contributed by atoms with van der Waals surface area (Å²) in [6.45, 7) is 26.0. The molecule has 8 aromatic rings. The van der Waals surface area contributed by atoms with Crippen LogP contribution in [0.4, 0.5) is 0 Å². The van der Waals surface area contributed by atoms with Gasteiger partial charge in [-0.3, -0.25) is 0 Å². The van der Waals surface area contributed by atoms with Crippen molar-refractivity contribution in [2.45, 2.75) is 138 Å². The van der Waals surface area contributed by atoms with Crippen LogP contribution in [0, 0.1) is 13.8 Å². The molecule has 1 saturated carbocycles. The van der Waals surface area contributed by atoms with E-state index in [9.17, 15) is 10.2 Å². The van der Waals surface area contributed by atoms with E-state index in [1.54, 1.807) is 0 Å². The first-order valence-electron chi connectivity index (χ1n) is 27.7. The smallest absolute Gasteiger partial charge is 0.0866 e. The van der Waals surface area contributed by atoms with Crippen LogP contribution in [0.3, 0.4) is 0 Å². The summed E-state index contributed by atoms with van der Waals surface area (Å²) >= 11 is -0.435. The first-order chi connectivity index (χ1) is 36.9. The van der Waals surface area contributed by atoms with Crippen LogP contribution in [0.5, 0.6) is 11.5 Å². The average Bonchev–Trinajstić information content (AvgIpc) is 3.76. The molecule has 0 radical (unpaired) electrons. The van der Waals surface area contributed by atoms with Crippen molar-refractivity contribution in [1.29, 1.82) is 0 Å². The van der Waals surface area contributed by atoms with Gasteiger partial charge in [-0.2, -0.15) is 49.2 Å². The molecule has 2 nitrogen and oxygen atoms in total. The molecule has 2 aliphatic rings. The predicted octanol–water partition coefficient (Wildman–Crippen LogP) is 19.4. The van der Waals surface area contributed by atoms with Crippen molar-refractivity contribution in [3.05, 3.63) is 287 Å². The number of phenols is 2. The quantitative estimate of drug-likeness (QED) is 0.0814. The Kier molecular flexibility index (Phi) is 19.1. The fourth-order valence-electron chi connectivity index (χ4n) is 11.2. The van der Waals surface area contributed by atoms with E-state index in [0.717, 1.165) is 44.9 Å². The van der Waals surface area contributed by atoms with Crippen LogP contribution in [0.25, 0.3) is 0 Å². The van der Waals surface area contributed by atoms with Gasteiger partial charge in [0.2, 0.25) is 0 Å². The van der Waals surface area contributed by atoms with Crippen molar-refractivity contribution in [2.24, 2.45) is 0 Å². The molecule has 0 bridgehead atoms. The van der Waals surface area contributed by atoms with Gasteiger partial charge >= 0.3 is 392 Å². The van der Waals surface area contributed by atoms with Gasteiger partial charge in [0.15, 0.2) is 0 Å². The summed E-state index contributed by atoms with van der Waals surface area (Å²) in [5, 5.41) is 27.0. The summed E-state index contributed by atoms with van der Waals surface area (Å²) in [6, 6.07) is 72.3. The van der Waals surface area contributed by atoms with E-state index in [4.69, 9.17) is 0 Å². The second kappa shape index (κ2) is 25.5. The molecule has 0 amide bonds. The number of hydrogen-bond donors (Lipinski definition) is 2. The van der Waals surface area contributed by atoms with Crippen molar-refractivity contribution in [3.63, 3.8) is 0 Å². The van der Waals surface area contributed by atoms with Crippen LogP contribution in [0.1, 0.15) is 161 Å². The van der Waals surface area contributed by atoms with Gasteiger partial charge in [0.1, 0.15) is 0 Å². The van der Waals surface area contributed by atoms with Crippen LogP contribution in [0.2, 0.25) is 0 Å². The summed E-state index contributed by atoms with van der Waals surface area (Å²) in [7, 11) is 0.396. The Morgan fingerprint density at radius 2 is 0.662 bits per heavy atom. The molecule has 8 aromatic carbocycles. The predicted molar refractivity (Wildman–Crippen MR) is 330 cm³/mol. The molecule has 1 aliphatic heterocycles. The molecule has 2 N–H and O–H groups in total. The van der Waals surface area contributed by atoms with Crippen molar-refractivity contribution in [2.75, 3.05) is 0 Å². The monoisotopic (exact) mass is 1090 g/mol. The summed E-state index contributed by atoms with van der Waals surface area (Å²) < 4.78 is 0. The molecule has 1 aliphatic carbocycles. The Morgan fingerprint density at radius 1 is 0.390 bits per heavy atom. The number of phenolic OH excluding ortho intramolecular Hbond substituents is 2. The molecular formula is C72H82O2S2Ti-2. The number of rotatable bonds is 10. The molecule has 0 spiro atoms. The van der Waals surface area contributed by atoms with Crippen LogP contribution in [-0.2, 0) is 48.6 Å². The fraction of sp³-hybridized carbons (Fsp3) is 0.306. The van der Waals surface area contributed by atoms with Crippen LogP contribution >= 0.6 is 15.9 Å². The minimum absolute atomic E-state index is 0.0884. The van der Waals surface area contributed by atoms with Crippen molar-refractivity contribution in [1.82, 2.24) is 0 Å². The molecule has 2 unspecified atom stereocenters. The third-order valence-electron chi connectivity index (χ3n) is 16.0. The minimum Gasteiger partial charge on any atom is -0.199 e. The van der Waals surface area contributed by atoms with E-state index >= 15 is 0 Å². The molecule has 0 aromatic heterocycles. The van der Waals surface area contributed by atoms with E-state index < -0.39 is 26.3 Å². The van der Waals surface area contributed by atoms with E-state index in [1.165, 1.54) is 71.9 Å². The van der Waals surface area contributed by atoms with Crippen LogP contribution in [0.15, 0.2) is 206 Å². The Hall–Kier alpha value is -5.49. The maximum atomic E-state index is 12.8. The summed E-state index contributed by atoms with van der Waals surface area (Å²) in [4.78, 5) is 0. The zero-order chi connectivity index (χ0) is 54.8. The molecule has 10 rings (SSSR count). The zero-order valence-electron chi connectivity index (χ0n) is 47.1. The van der Waals surface area contributed by atoms with Crippen LogP contribution in [-0.4, -0.2) is 20.7 Å². The standard InChI is InChI=1S/C58H68O2S2.2C7H7.Ti/c1-55(2,3)47-35-41(53(59)49(37-47)57(7,43-25-15-11-16-26-43)44-27-17-12-18-28-44)39-61-51-33-23-9-10-24-34-52(51)62-40-42-36-48(56(4,5)6)38-50(54(42)60)58(8,45-29-19-13-20-30-45)46-31-21-14-22-32-46;2*1-7-5-3-2-4-6-7;/h11-22,25-32,35-38,51-52,59-60H,9-10,23-24,33-34,39-40H2,1-8H3;2*2-6H,1H2;/q;2*-1;/t51-,52?;;;/m0.../s1. The van der Waals surface area contributed by atoms with E-state index in [0.29, 0.717) is 22.0 Å². The maximum Gasteiger partial charge on any atom is -0.0866 e. The Morgan fingerprint density at radius 3 is 0.909 bits per heavy atom. The van der Waals surface area contributed by atoms with Gasteiger partial charge in [-0.05, 0) is 0 Å². The zero-order valence-corrected chi connectivity index (χ0v) is 50.3. The van der Waals surface area contributed by atoms with Gasteiger partial charge in [0.25, 0.3) is 0 Å². The summed E-state index contributed by atoms with van der Waals surface area (Å²) in [5.41, 5.74) is 12.5. The molecule has 1 heterocycles. The van der Waals surface area contributed by atoms with Crippen molar-refractivity contribution >= 4 is 15.9 Å². The summed E-state index contributed by atoms with van der Waals surface area (Å²) in [6.07, 6.45) is 7.83. The first kappa shape index (κ1) is 57.7. The van der Waals surface area contributed by atoms with E-state index in [1.807, 2.05) is 60.7 Å². The number of hydrogen-bond acceptors (Lipinski definition) is 2. The second-order valence-corrected chi connectivity index (χ2v) is 35.0. The Bertz CT molecular complexity index is 2950. The first-order valence-corrected chi connectivity index (χ1v) is 34.5. The van der Waals surface area contributed by atoms with E-state index in [-0.39, 0.29) is 26.8 Å². The Balaban J connectivity index is 0.000000485. The number of fused-ring (bicyclic) bond motifs is 1. The number of aromatic hydroxyl groups is 2. The molecule has 0 saturated heterocycles. The maximum absolute atomic E-state index is 12.8. The average molecular weight is 1090 g/mol. The topological polar surface area (TPSA) is 40.5 Å². The van der Waals surface area contributed by atoms with E-state index in [2.05, 4.69) is 215 Å². The molecule has 400 valence electrons. The third-order valence-corrected chi connectivity index (χ3v) is 31.9. The number of benzene rings is 8.